The first-order chi connectivity index (χ1) is 21.4. The molecule has 1 saturated heterocycles. The van der Waals surface area contributed by atoms with Crippen molar-refractivity contribution in [1.82, 2.24) is 36.6 Å². The number of carbonyl (C=O) groups is 5. The van der Waals surface area contributed by atoms with Gasteiger partial charge in [-0.05, 0) is 48.9 Å². The molecule has 1 aliphatic heterocycles. The fourth-order valence-electron chi connectivity index (χ4n) is 5.07. The van der Waals surface area contributed by atoms with Crippen LogP contribution in [0.4, 0.5) is 0 Å². The minimum absolute atomic E-state index is 0.00362. The van der Waals surface area contributed by atoms with E-state index in [1.54, 1.807) is 39.1 Å². The first kappa shape index (κ1) is 35.0. The number of nitrogens with one attached hydrogen (secondary N) is 6. The highest BCUT2D eigenvalue weighted by atomic mass is 16.4. The van der Waals surface area contributed by atoms with Gasteiger partial charge in [0.2, 0.25) is 23.6 Å². The quantitative estimate of drug-likeness (QED) is 0.129. The lowest BCUT2D eigenvalue weighted by Gasteiger charge is -2.29. The summed E-state index contributed by atoms with van der Waals surface area (Å²) < 4.78 is 0. The third kappa shape index (κ3) is 10.3. The average Bonchev–Trinajstić information content (AvgIpc) is 3.73. The molecule has 246 valence electrons. The van der Waals surface area contributed by atoms with E-state index in [-0.39, 0.29) is 30.4 Å². The topological polar surface area (TPSA) is 215 Å². The lowest BCUT2D eigenvalue weighted by atomic mass is 9.96. The van der Waals surface area contributed by atoms with Crippen LogP contribution in [-0.4, -0.2) is 86.5 Å². The molecule has 8 N–H and O–H groups in total. The van der Waals surface area contributed by atoms with E-state index >= 15 is 0 Å². The molecule has 0 saturated carbocycles. The Balaban J connectivity index is 1.83. The Hall–Kier alpha value is -4.46. The molecule has 0 aliphatic carbocycles. The summed E-state index contributed by atoms with van der Waals surface area (Å²) in [6.45, 7) is 7.65. The number of amides is 4. The van der Waals surface area contributed by atoms with Crippen LogP contribution in [0.3, 0.4) is 0 Å². The zero-order chi connectivity index (χ0) is 33.1. The molecule has 14 heteroatoms. The Morgan fingerprint density at radius 3 is 2.09 bits per heavy atom. The number of phenols is 1. The van der Waals surface area contributed by atoms with E-state index in [9.17, 15) is 34.2 Å². The predicted octanol–water partition coefficient (Wildman–Crippen LogP) is 0.378. The summed E-state index contributed by atoms with van der Waals surface area (Å²) in [6, 6.07) is 1.17. The van der Waals surface area contributed by atoms with E-state index in [1.165, 1.54) is 18.5 Å². The summed E-state index contributed by atoms with van der Waals surface area (Å²) >= 11 is 0. The highest BCUT2D eigenvalue weighted by Gasteiger charge is 2.35. The van der Waals surface area contributed by atoms with Crippen molar-refractivity contribution in [2.24, 2.45) is 11.8 Å². The van der Waals surface area contributed by atoms with Crippen LogP contribution in [0.25, 0.3) is 0 Å². The molecule has 45 heavy (non-hydrogen) atoms. The minimum atomic E-state index is -1.21. The summed E-state index contributed by atoms with van der Waals surface area (Å²) in [5.41, 5.74) is 1.22. The number of carboxylic acids is 1. The Kier molecular flexibility index (Phi) is 12.9. The van der Waals surface area contributed by atoms with Gasteiger partial charge in [0.05, 0.1) is 12.4 Å². The number of rotatable bonds is 16. The number of carbonyl (C=O) groups excluding carboxylic acids is 4. The van der Waals surface area contributed by atoms with Gasteiger partial charge >= 0.3 is 5.97 Å². The third-order valence-corrected chi connectivity index (χ3v) is 8.02. The average molecular weight is 628 g/mol. The molecule has 2 heterocycles. The van der Waals surface area contributed by atoms with Gasteiger partial charge in [-0.2, -0.15) is 0 Å². The fourth-order valence-corrected chi connectivity index (χ4v) is 5.07. The van der Waals surface area contributed by atoms with Crippen LogP contribution in [0.2, 0.25) is 0 Å². The Morgan fingerprint density at radius 1 is 0.911 bits per heavy atom. The summed E-state index contributed by atoms with van der Waals surface area (Å²) in [6.07, 6.45) is 5.11. The van der Waals surface area contributed by atoms with Crippen molar-refractivity contribution in [3.05, 3.63) is 48.0 Å². The molecular formula is C31H45N7O7. The second kappa shape index (κ2) is 16.6. The van der Waals surface area contributed by atoms with E-state index in [2.05, 4.69) is 36.6 Å². The van der Waals surface area contributed by atoms with Crippen molar-refractivity contribution in [2.45, 2.75) is 90.0 Å². The smallest absolute Gasteiger partial charge is 0.326 e. The molecule has 14 nitrogen and oxygen atoms in total. The number of benzene rings is 1. The number of imidazole rings is 1. The first-order valence-corrected chi connectivity index (χ1v) is 15.3. The van der Waals surface area contributed by atoms with E-state index in [0.717, 1.165) is 6.42 Å². The van der Waals surface area contributed by atoms with Crippen LogP contribution in [0.5, 0.6) is 5.75 Å². The third-order valence-electron chi connectivity index (χ3n) is 8.02. The largest absolute Gasteiger partial charge is 0.508 e. The maximum absolute atomic E-state index is 13.8. The number of H-pyrrole nitrogens is 1. The summed E-state index contributed by atoms with van der Waals surface area (Å²) in [4.78, 5) is 72.5. The monoisotopic (exact) mass is 627 g/mol. The minimum Gasteiger partial charge on any atom is -0.508 e. The van der Waals surface area contributed by atoms with E-state index in [4.69, 9.17) is 0 Å². The van der Waals surface area contributed by atoms with Crippen molar-refractivity contribution < 1.29 is 34.2 Å². The van der Waals surface area contributed by atoms with Gasteiger partial charge in [-0.3, -0.25) is 19.2 Å². The zero-order valence-electron chi connectivity index (χ0n) is 26.1. The molecule has 0 radical (unpaired) electrons. The van der Waals surface area contributed by atoms with Crippen LogP contribution >= 0.6 is 0 Å². The number of phenolic OH excluding ortho intramolecular Hbond substituents is 1. The number of aliphatic carboxylic acids is 1. The van der Waals surface area contributed by atoms with Crippen molar-refractivity contribution in [3.63, 3.8) is 0 Å². The Labute approximate surface area is 262 Å². The fraction of sp³-hybridized carbons (Fsp3) is 0.548. The highest BCUT2D eigenvalue weighted by molar-refractivity contribution is 5.95. The molecular weight excluding hydrogens is 582 g/mol. The lowest BCUT2D eigenvalue weighted by Crippen LogP contribution is -2.60. The van der Waals surface area contributed by atoms with Crippen molar-refractivity contribution in [1.29, 1.82) is 0 Å². The number of hydrogen-bond acceptors (Lipinski definition) is 8. The van der Waals surface area contributed by atoms with Crippen LogP contribution in [-0.2, 0) is 36.8 Å². The first-order valence-electron chi connectivity index (χ1n) is 15.3. The van der Waals surface area contributed by atoms with Gasteiger partial charge in [-0.15, -0.1) is 0 Å². The number of aromatic hydroxyl groups is 1. The molecule has 1 aromatic heterocycles. The van der Waals surface area contributed by atoms with Gasteiger partial charge in [-0.25, -0.2) is 9.78 Å². The number of carboxylic acid groups (broad SMARTS) is 1. The van der Waals surface area contributed by atoms with E-state index < -0.39 is 59.8 Å². The van der Waals surface area contributed by atoms with E-state index in [0.29, 0.717) is 30.6 Å². The molecule has 0 bridgehead atoms. The van der Waals surface area contributed by atoms with Gasteiger partial charge in [0.1, 0.15) is 29.9 Å². The predicted molar refractivity (Wildman–Crippen MR) is 165 cm³/mol. The molecule has 4 amide bonds. The molecule has 3 rings (SSSR count). The second-order valence-corrected chi connectivity index (χ2v) is 11.9. The van der Waals surface area contributed by atoms with E-state index in [1.807, 2.05) is 6.92 Å². The van der Waals surface area contributed by atoms with Crippen molar-refractivity contribution in [2.75, 3.05) is 6.54 Å². The normalized spacial score (nSPS) is 17.8. The number of nitrogens with zero attached hydrogens (tertiary/aromatic N) is 1. The molecule has 2 aromatic rings. The van der Waals surface area contributed by atoms with Crippen molar-refractivity contribution >= 4 is 29.6 Å². The molecule has 1 aliphatic rings. The second-order valence-electron chi connectivity index (χ2n) is 11.9. The molecule has 6 atom stereocenters. The summed E-state index contributed by atoms with van der Waals surface area (Å²) in [5, 5.41) is 33.2. The zero-order valence-corrected chi connectivity index (χ0v) is 26.1. The highest BCUT2D eigenvalue weighted by Crippen LogP contribution is 2.15. The van der Waals surface area contributed by atoms with Crippen LogP contribution in [0, 0.1) is 11.8 Å². The molecule has 1 aromatic carbocycles. The van der Waals surface area contributed by atoms with Gasteiger partial charge < -0.3 is 41.8 Å². The van der Waals surface area contributed by atoms with Gasteiger partial charge in [0.25, 0.3) is 0 Å². The van der Waals surface area contributed by atoms with Crippen LogP contribution in [0.1, 0.15) is 58.2 Å². The Bertz CT molecular complexity index is 1290. The van der Waals surface area contributed by atoms with Crippen LogP contribution in [0.15, 0.2) is 36.8 Å². The number of hydrogen-bond donors (Lipinski definition) is 8. The SMILES string of the molecule is CC[C@H](C)[C@H](NC(=O)[C@H](Cc1cnc[nH]1)NC(=O)[C@@H]1CCCN1)C(=O)N[C@@H](Cc1ccc(O)cc1)C(=O)N[C@H](C(=O)O)C(C)C. The van der Waals surface area contributed by atoms with Crippen LogP contribution < -0.4 is 26.6 Å². The standard InChI is InChI=1S/C31H45N7O7/c1-5-18(4)26(38-29(42)24(14-20-15-32-16-34-20)35-27(40)22-7-6-12-33-22)30(43)36-23(13-19-8-10-21(39)11-9-19)28(41)37-25(17(2)3)31(44)45/h8-11,15-18,22-26,33,39H,5-7,12-14H2,1-4H3,(H,32,34)(H,35,40)(H,36,43)(H,37,41)(H,38,42)(H,44,45)/t18-,22-,23-,24-,25-,26-/m0/s1. The Morgan fingerprint density at radius 2 is 1.56 bits per heavy atom. The van der Waals surface area contributed by atoms with Crippen molar-refractivity contribution in [3.8, 4) is 5.75 Å². The lowest BCUT2D eigenvalue weighted by molar-refractivity contribution is -0.143. The number of aromatic amines is 1. The maximum atomic E-state index is 13.8. The van der Waals surface area contributed by atoms with Gasteiger partial charge in [0, 0.05) is 24.7 Å². The number of aromatic nitrogens is 2. The molecule has 0 spiro atoms. The van der Waals surface area contributed by atoms with Gasteiger partial charge in [0.15, 0.2) is 0 Å². The summed E-state index contributed by atoms with van der Waals surface area (Å²) in [7, 11) is 0. The molecule has 1 fully saturated rings. The maximum Gasteiger partial charge on any atom is 0.326 e. The van der Waals surface area contributed by atoms with Gasteiger partial charge in [-0.1, -0.05) is 46.2 Å². The summed E-state index contributed by atoms with van der Waals surface area (Å²) in [5.74, 6) is -4.23. The molecule has 0 unspecified atom stereocenters.